The van der Waals surface area contributed by atoms with Crippen molar-refractivity contribution in [3.8, 4) is 11.5 Å². The lowest BCUT2D eigenvalue weighted by atomic mass is 10.2. The number of nitrogens with one attached hydrogen (secondary N) is 1. The van der Waals surface area contributed by atoms with Crippen LogP contribution in [0, 0.1) is 0 Å². The molecule has 122 valence electrons. The molecule has 1 amide bonds. The summed E-state index contributed by atoms with van der Waals surface area (Å²) in [6.45, 7) is 4.47. The van der Waals surface area contributed by atoms with E-state index in [0.29, 0.717) is 24.6 Å². The predicted octanol–water partition coefficient (Wildman–Crippen LogP) is 0.567. The van der Waals surface area contributed by atoms with E-state index in [9.17, 15) is 4.79 Å². The minimum Gasteiger partial charge on any atom is -0.493 e. The number of rotatable bonds is 6. The molecule has 2 rings (SSSR count). The molecule has 6 nitrogen and oxygen atoms in total. The lowest BCUT2D eigenvalue weighted by Crippen LogP contribution is -2.49. The molecule has 0 saturated carbocycles. The molecular weight excluding hydrogens is 282 g/mol. The Hall–Kier alpha value is -1.79. The Morgan fingerprint density at radius 2 is 1.91 bits per heavy atom. The molecule has 1 saturated heterocycles. The minimum atomic E-state index is 0.185. The average Bonchev–Trinajstić information content (AvgIpc) is 2.55. The van der Waals surface area contributed by atoms with E-state index in [1.165, 1.54) is 0 Å². The number of hydrogen-bond acceptors (Lipinski definition) is 5. The van der Waals surface area contributed by atoms with E-state index in [-0.39, 0.29) is 5.91 Å². The summed E-state index contributed by atoms with van der Waals surface area (Å²) in [4.78, 5) is 16.2. The van der Waals surface area contributed by atoms with Crippen molar-refractivity contribution in [1.82, 2.24) is 15.1 Å². The Labute approximate surface area is 132 Å². The number of ether oxygens (including phenoxy) is 2. The SMILES string of the molecule is COc1ccc(CN(C)CC(=O)N2CCNCC2)cc1OC. The van der Waals surface area contributed by atoms with E-state index in [0.717, 1.165) is 31.7 Å². The second kappa shape index (κ2) is 8.00. The van der Waals surface area contributed by atoms with Crippen LogP contribution in [0.3, 0.4) is 0 Å². The highest BCUT2D eigenvalue weighted by Crippen LogP contribution is 2.27. The van der Waals surface area contributed by atoms with Gasteiger partial charge in [-0.1, -0.05) is 6.07 Å². The number of methoxy groups -OCH3 is 2. The lowest BCUT2D eigenvalue weighted by molar-refractivity contribution is -0.132. The van der Waals surface area contributed by atoms with Crippen LogP contribution in [0.15, 0.2) is 18.2 Å². The summed E-state index contributed by atoms with van der Waals surface area (Å²) >= 11 is 0. The van der Waals surface area contributed by atoms with Crippen LogP contribution in [0.2, 0.25) is 0 Å². The van der Waals surface area contributed by atoms with Crippen molar-refractivity contribution in [1.29, 1.82) is 0 Å². The molecule has 0 unspecified atom stereocenters. The number of carbonyl (C=O) groups is 1. The van der Waals surface area contributed by atoms with Crippen molar-refractivity contribution < 1.29 is 14.3 Å². The van der Waals surface area contributed by atoms with Crippen molar-refractivity contribution in [2.45, 2.75) is 6.54 Å². The largest absolute Gasteiger partial charge is 0.493 e. The Kier molecular flexibility index (Phi) is 6.03. The fourth-order valence-electron chi connectivity index (χ4n) is 2.59. The third kappa shape index (κ3) is 4.35. The maximum Gasteiger partial charge on any atom is 0.236 e. The molecule has 1 fully saturated rings. The zero-order chi connectivity index (χ0) is 15.9. The molecule has 1 aromatic carbocycles. The molecule has 0 bridgehead atoms. The van der Waals surface area contributed by atoms with Crippen molar-refractivity contribution in [3.63, 3.8) is 0 Å². The number of hydrogen-bond donors (Lipinski definition) is 1. The highest BCUT2D eigenvalue weighted by molar-refractivity contribution is 5.78. The number of nitrogens with zero attached hydrogens (tertiary/aromatic N) is 2. The van der Waals surface area contributed by atoms with Gasteiger partial charge in [0.1, 0.15) is 0 Å². The average molecular weight is 307 g/mol. The first-order valence-corrected chi connectivity index (χ1v) is 7.52. The van der Waals surface area contributed by atoms with Crippen LogP contribution >= 0.6 is 0 Å². The summed E-state index contributed by atoms with van der Waals surface area (Å²) in [6, 6.07) is 5.83. The molecule has 22 heavy (non-hydrogen) atoms. The van der Waals surface area contributed by atoms with Crippen LogP contribution < -0.4 is 14.8 Å². The van der Waals surface area contributed by atoms with Crippen molar-refractivity contribution >= 4 is 5.91 Å². The van der Waals surface area contributed by atoms with E-state index in [4.69, 9.17) is 9.47 Å². The molecule has 6 heteroatoms. The Morgan fingerprint density at radius 1 is 1.23 bits per heavy atom. The monoisotopic (exact) mass is 307 g/mol. The summed E-state index contributed by atoms with van der Waals surface area (Å²) < 4.78 is 10.5. The number of carbonyl (C=O) groups excluding carboxylic acids is 1. The van der Waals surface area contributed by atoms with Crippen molar-refractivity contribution in [2.24, 2.45) is 0 Å². The fourth-order valence-corrected chi connectivity index (χ4v) is 2.59. The van der Waals surface area contributed by atoms with Gasteiger partial charge in [-0.3, -0.25) is 9.69 Å². The van der Waals surface area contributed by atoms with Gasteiger partial charge in [-0.25, -0.2) is 0 Å². The lowest BCUT2D eigenvalue weighted by Gasteiger charge is -2.29. The third-order valence-corrected chi connectivity index (χ3v) is 3.78. The first-order chi connectivity index (χ1) is 10.6. The van der Waals surface area contributed by atoms with Gasteiger partial charge in [0, 0.05) is 32.7 Å². The molecular formula is C16H25N3O3. The van der Waals surface area contributed by atoms with Crippen LogP contribution in [0.5, 0.6) is 11.5 Å². The summed E-state index contributed by atoms with van der Waals surface area (Å²) in [5.41, 5.74) is 1.09. The molecule has 1 N–H and O–H groups in total. The number of piperazine rings is 1. The number of likely N-dealkylation sites (N-methyl/N-ethyl adjacent to an activating group) is 1. The van der Waals surface area contributed by atoms with Crippen LogP contribution in [0.25, 0.3) is 0 Å². The first-order valence-electron chi connectivity index (χ1n) is 7.52. The second-order valence-corrected chi connectivity index (χ2v) is 5.49. The van der Waals surface area contributed by atoms with Crippen LogP contribution in [-0.2, 0) is 11.3 Å². The molecule has 0 aromatic heterocycles. The predicted molar refractivity (Wildman–Crippen MR) is 85.3 cm³/mol. The van der Waals surface area contributed by atoms with E-state index < -0.39 is 0 Å². The number of amides is 1. The zero-order valence-corrected chi connectivity index (χ0v) is 13.6. The molecule has 1 aromatic rings. The van der Waals surface area contributed by atoms with E-state index in [1.807, 2.05) is 35.0 Å². The van der Waals surface area contributed by atoms with Gasteiger partial charge >= 0.3 is 0 Å². The van der Waals surface area contributed by atoms with Gasteiger partial charge in [0.25, 0.3) is 0 Å². The third-order valence-electron chi connectivity index (χ3n) is 3.78. The first kappa shape index (κ1) is 16.6. The van der Waals surface area contributed by atoms with Crippen molar-refractivity contribution in [3.05, 3.63) is 23.8 Å². The topological polar surface area (TPSA) is 54.0 Å². The molecule has 0 radical (unpaired) electrons. The normalized spacial score (nSPS) is 15.0. The maximum absolute atomic E-state index is 12.2. The standard InChI is InChI=1S/C16H25N3O3/c1-18(12-16(20)19-8-6-17-7-9-19)11-13-4-5-14(21-2)15(10-13)22-3/h4-5,10,17H,6-9,11-12H2,1-3H3. The van der Waals surface area contributed by atoms with E-state index in [2.05, 4.69) is 5.32 Å². The molecule has 0 aliphatic carbocycles. The van der Waals surface area contributed by atoms with Crippen molar-refractivity contribution in [2.75, 3.05) is 54.0 Å². The summed E-state index contributed by atoms with van der Waals surface area (Å²) in [6.07, 6.45) is 0. The molecule has 0 spiro atoms. The summed E-state index contributed by atoms with van der Waals surface area (Å²) in [5, 5.41) is 3.25. The highest BCUT2D eigenvalue weighted by Gasteiger charge is 2.17. The maximum atomic E-state index is 12.2. The number of benzene rings is 1. The molecule has 1 heterocycles. The van der Waals surface area contributed by atoms with Crippen LogP contribution in [0.1, 0.15) is 5.56 Å². The smallest absolute Gasteiger partial charge is 0.236 e. The van der Waals surface area contributed by atoms with Gasteiger partial charge in [0.05, 0.1) is 20.8 Å². The van der Waals surface area contributed by atoms with Gasteiger partial charge in [-0.15, -0.1) is 0 Å². The quantitative estimate of drug-likeness (QED) is 0.833. The van der Waals surface area contributed by atoms with Gasteiger partial charge in [0.2, 0.25) is 5.91 Å². The van der Waals surface area contributed by atoms with Gasteiger partial charge in [0.15, 0.2) is 11.5 Å². The second-order valence-electron chi connectivity index (χ2n) is 5.49. The summed E-state index contributed by atoms with van der Waals surface area (Å²) in [7, 11) is 5.20. The van der Waals surface area contributed by atoms with Gasteiger partial charge < -0.3 is 19.7 Å². The Bertz CT molecular complexity index is 501. The molecule has 0 atom stereocenters. The summed E-state index contributed by atoms with van der Waals surface area (Å²) in [5.74, 6) is 1.61. The highest BCUT2D eigenvalue weighted by atomic mass is 16.5. The minimum absolute atomic E-state index is 0.185. The van der Waals surface area contributed by atoms with Crippen LogP contribution in [0.4, 0.5) is 0 Å². The Balaban J connectivity index is 1.90. The Morgan fingerprint density at radius 3 is 2.55 bits per heavy atom. The van der Waals surface area contributed by atoms with Gasteiger partial charge in [-0.05, 0) is 24.7 Å². The molecule has 1 aliphatic rings. The van der Waals surface area contributed by atoms with Crippen LogP contribution in [-0.4, -0.2) is 69.7 Å². The van der Waals surface area contributed by atoms with E-state index in [1.54, 1.807) is 14.2 Å². The van der Waals surface area contributed by atoms with Gasteiger partial charge in [-0.2, -0.15) is 0 Å². The van der Waals surface area contributed by atoms with E-state index >= 15 is 0 Å². The fraction of sp³-hybridized carbons (Fsp3) is 0.562. The zero-order valence-electron chi connectivity index (χ0n) is 13.6. The molecule has 1 aliphatic heterocycles.